The van der Waals surface area contributed by atoms with E-state index in [1.165, 1.54) is 0 Å². The van der Waals surface area contributed by atoms with Crippen molar-refractivity contribution in [2.75, 3.05) is 45.3 Å². The minimum atomic E-state index is -0.135. The van der Waals surface area contributed by atoms with E-state index in [0.29, 0.717) is 19.5 Å². The van der Waals surface area contributed by atoms with Crippen LogP contribution in [0.5, 0.6) is 11.5 Å². The molecule has 4 aromatic rings. The Morgan fingerprint density at radius 1 is 0.944 bits per heavy atom. The lowest BCUT2D eigenvalue weighted by Crippen LogP contribution is -2.49. The molecule has 36 heavy (non-hydrogen) atoms. The summed E-state index contributed by atoms with van der Waals surface area (Å²) in [6.45, 7) is 5.05. The molecule has 2 aromatic carbocycles. The van der Waals surface area contributed by atoms with Crippen molar-refractivity contribution in [3.8, 4) is 11.5 Å². The van der Waals surface area contributed by atoms with E-state index in [9.17, 15) is 4.79 Å². The number of aromatic nitrogens is 2. The number of piperazine rings is 1. The van der Waals surface area contributed by atoms with Crippen molar-refractivity contribution in [2.45, 2.75) is 19.3 Å². The van der Waals surface area contributed by atoms with Gasteiger partial charge in [-0.1, -0.05) is 18.2 Å². The van der Waals surface area contributed by atoms with Crippen LogP contribution in [0.15, 0.2) is 73.1 Å². The molecule has 186 valence electrons. The SMILES string of the molecule is COc1ccc(N2CCN(C(=O)CC(c3cccc(OC)c3)c3cnc4c(C)cccn34)CC2)cc1. The summed E-state index contributed by atoms with van der Waals surface area (Å²) in [6, 6.07) is 20.2. The number of fused-ring (bicyclic) bond motifs is 1. The number of pyridine rings is 1. The summed E-state index contributed by atoms with van der Waals surface area (Å²) in [6.07, 6.45) is 4.30. The number of benzene rings is 2. The number of rotatable bonds is 7. The number of methoxy groups -OCH3 is 2. The molecule has 0 aliphatic carbocycles. The first-order chi connectivity index (χ1) is 17.6. The Balaban J connectivity index is 1.36. The van der Waals surface area contributed by atoms with Gasteiger partial charge in [0, 0.05) is 56.6 Å². The molecule has 1 atom stereocenters. The summed E-state index contributed by atoms with van der Waals surface area (Å²) in [4.78, 5) is 22.6. The van der Waals surface area contributed by atoms with E-state index in [4.69, 9.17) is 9.47 Å². The second-order valence-corrected chi connectivity index (χ2v) is 9.17. The molecule has 1 amide bonds. The largest absolute Gasteiger partial charge is 0.497 e. The Morgan fingerprint density at radius 3 is 2.42 bits per heavy atom. The monoisotopic (exact) mass is 484 g/mol. The Bertz CT molecular complexity index is 1340. The molecule has 1 fully saturated rings. The van der Waals surface area contributed by atoms with Crippen LogP contribution in [-0.4, -0.2) is 60.6 Å². The smallest absolute Gasteiger partial charge is 0.223 e. The molecule has 1 unspecified atom stereocenters. The molecule has 0 bridgehead atoms. The predicted molar refractivity (Wildman–Crippen MR) is 141 cm³/mol. The van der Waals surface area contributed by atoms with Crippen molar-refractivity contribution in [1.82, 2.24) is 14.3 Å². The van der Waals surface area contributed by atoms with Gasteiger partial charge in [-0.15, -0.1) is 0 Å². The van der Waals surface area contributed by atoms with Gasteiger partial charge in [0.25, 0.3) is 0 Å². The number of carbonyl (C=O) groups excluding carboxylic acids is 1. The number of imidazole rings is 1. The Morgan fingerprint density at radius 2 is 1.69 bits per heavy atom. The third-order valence-electron chi connectivity index (χ3n) is 7.06. The zero-order chi connectivity index (χ0) is 25.1. The van der Waals surface area contributed by atoms with E-state index in [-0.39, 0.29) is 11.8 Å². The number of carbonyl (C=O) groups is 1. The quantitative estimate of drug-likeness (QED) is 0.386. The van der Waals surface area contributed by atoms with Crippen LogP contribution in [0.3, 0.4) is 0 Å². The van der Waals surface area contributed by atoms with Crippen LogP contribution < -0.4 is 14.4 Å². The van der Waals surface area contributed by atoms with Gasteiger partial charge in [-0.2, -0.15) is 0 Å². The van der Waals surface area contributed by atoms with E-state index >= 15 is 0 Å². The number of amides is 1. The van der Waals surface area contributed by atoms with Crippen molar-refractivity contribution in [3.63, 3.8) is 0 Å². The topological polar surface area (TPSA) is 59.3 Å². The highest BCUT2D eigenvalue weighted by Crippen LogP contribution is 2.32. The minimum absolute atomic E-state index is 0.135. The molecule has 7 heteroatoms. The van der Waals surface area contributed by atoms with Crippen molar-refractivity contribution >= 4 is 17.2 Å². The van der Waals surface area contributed by atoms with Crippen LogP contribution in [0.1, 0.15) is 29.2 Å². The lowest BCUT2D eigenvalue weighted by atomic mass is 9.91. The molecule has 1 aliphatic heterocycles. The van der Waals surface area contributed by atoms with Gasteiger partial charge in [-0.05, 0) is 60.5 Å². The van der Waals surface area contributed by atoms with Gasteiger partial charge >= 0.3 is 0 Å². The maximum atomic E-state index is 13.6. The minimum Gasteiger partial charge on any atom is -0.497 e. The van der Waals surface area contributed by atoms with Crippen LogP contribution in [0.4, 0.5) is 5.69 Å². The van der Waals surface area contributed by atoms with E-state index in [0.717, 1.165) is 52.7 Å². The zero-order valence-electron chi connectivity index (χ0n) is 21.1. The van der Waals surface area contributed by atoms with Crippen molar-refractivity contribution in [1.29, 1.82) is 0 Å². The Kier molecular flexibility index (Phi) is 6.80. The summed E-state index contributed by atoms with van der Waals surface area (Å²) in [5.41, 5.74) is 5.23. The van der Waals surface area contributed by atoms with Gasteiger partial charge in [-0.3, -0.25) is 4.79 Å². The number of nitrogens with zero attached hydrogens (tertiary/aromatic N) is 4. The second kappa shape index (κ2) is 10.3. The highest BCUT2D eigenvalue weighted by molar-refractivity contribution is 5.78. The maximum Gasteiger partial charge on any atom is 0.223 e. The predicted octanol–water partition coefficient (Wildman–Crippen LogP) is 4.53. The standard InChI is InChI=1S/C29H32N4O3/c1-21-6-5-13-33-27(20-30-29(21)33)26(22-7-4-8-25(18-22)36-3)19-28(34)32-16-14-31(15-17-32)23-9-11-24(35-2)12-10-23/h4-13,18,20,26H,14-17,19H2,1-3H3. The van der Waals surface area contributed by atoms with Gasteiger partial charge < -0.3 is 23.7 Å². The number of hydrogen-bond donors (Lipinski definition) is 0. The number of aryl methyl sites for hydroxylation is 1. The molecule has 1 aliphatic rings. The van der Waals surface area contributed by atoms with Gasteiger partial charge in [0.1, 0.15) is 17.1 Å². The van der Waals surface area contributed by atoms with E-state index < -0.39 is 0 Å². The van der Waals surface area contributed by atoms with Gasteiger partial charge in [0.05, 0.1) is 19.9 Å². The van der Waals surface area contributed by atoms with Crippen molar-refractivity contribution in [3.05, 3.63) is 89.9 Å². The lowest BCUT2D eigenvalue weighted by molar-refractivity contribution is -0.131. The fraction of sp³-hybridized carbons (Fsp3) is 0.310. The van der Waals surface area contributed by atoms with E-state index in [1.807, 2.05) is 53.7 Å². The third kappa shape index (κ3) is 4.73. The molecule has 0 N–H and O–H groups in total. The highest BCUT2D eigenvalue weighted by atomic mass is 16.5. The van der Waals surface area contributed by atoms with Gasteiger partial charge in [-0.25, -0.2) is 4.98 Å². The summed E-state index contributed by atoms with van der Waals surface area (Å²) in [7, 11) is 3.34. The number of ether oxygens (including phenoxy) is 2. The van der Waals surface area contributed by atoms with Crippen LogP contribution in [-0.2, 0) is 4.79 Å². The van der Waals surface area contributed by atoms with Crippen LogP contribution in [0.2, 0.25) is 0 Å². The van der Waals surface area contributed by atoms with Gasteiger partial charge in [0.15, 0.2) is 0 Å². The number of anilines is 1. The first-order valence-electron chi connectivity index (χ1n) is 12.3. The fourth-order valence-corrected chi connectivity index (χ4v) is 4.99. The molecular weight excluding hydrogens is 452 g/mol. The fourth-order valence-electron chi connectivity index (χ4n) is 4.99. The molecule has 0 radical (unpaired) electrons. The molecule has 5 rings (SSSR count). The average Bonchev–Trinajstić information content (AvgIpc) is 3.37. The van der Waals surface area contributed by atoms with Crippen LogP contribution >= 0.6 is 0 Å². The summed E-state index contributed by atoms with van der Waals surface area (Å²) in [5, 5.41) is 0. The van der Waals surface area contributed by atoms with Gasteiger partial charge in [0.2, 0.25) is 5.91 Å². The van der Waals surface area contributed by atoms with Crippen LogP contribution in [0.25, 0.3) is 5.65 Å². The first-order valence-corrected chi connectivity index (χ1v) is 12.3. The molecule has 1 saturated heterocycles. The zero-order valence-corrected chi connectivity index (χ0v) is 21.1. The average molecular weight is 485 g/mol. The molecular formula is C29H32N4O3. The number of hydrogen-bond acceptors (Lipinski definition) is 5. The summed E-state index contributed by atoms with van der Waals surface area (Å²) < 4.78 is 12.9. The summed E-state index contributed by atoms with van der Waals surface area (Å²) in [5.74, 6) is 1.64. The molecule has 0 saturated carbocycles. The second-order valence-electron chi connectivity index (χ2n) is 9.17. The normalized spacial score (nSPS) is 14.6. The first kappa shape index (κ1) is 23.7. The van der Waals surface area contributed by atoms with E-state index in [1.54, 1.807) is 14.2 Å². The van der Waals surface area contributed by atoms with Crippen molar-refractivity contribution in [2.24, 2.45) is 0 Å². The lowest BCUT2D eigenvalue weighted by Gasteiger charge is -2.36. The van der Waals surface area contributed by atoms with E-state index in [2.05, 4.69) is 45.5 Å². The highest BCUT2D eigenvalue weighted by Gasteiger charge is 2.27. The maximum absolute atomic E-state index is 13.6. The molecule has 2 aromatic heterocycles. The Labute approximate surface area is 211 Å². The molecule has 0 spiro atoms. The summed E-state index contributed by atoms with van der Waals surface area (Å²) >= 11 is 0. The molecule has 7 nitrogen and oxygen atoms in total. The molecule has 3 heterocycles. The Hall–Kier alpha value is -4.00. The third-order valence-corrected chi connectivity index (χ3v) is 7.06. The van der Waals surface area contributed by atoms with Crippen LogP contribution in [0, 0.1) is 6.92 Å². The van der Waals surface area contributed by atoms with Crippen molar-refractivity contribution < 1.29 is 14.3 Å².